The van der Waals surface area contributed by atoms with E-state index in [1.54, 1.807) is 11.3 Å². The van der Waals surface area contributed by atoms with Crippen LogP contribution in [0.3, 0.4) is 0 Å². The molecule has 0 atom stereocenters. The lowest BCUT2D eigenvalue weighted by atomic mass is 9.81. The number of pyridine rings is 2. The molecule has 0 spiro atoms. The van der Waals surface area contributed by atoms with Gasteiger partial charge in [0.15, 0.2) is 0 Å². The van der Waals surface area contributed by atoms with Crippen molar-refractivity contribution in [2.24, 2.45) is 0 Å². The van der Waals surface area contributed by atoms with Crippen LogP contribution in [-0.4, -0.2) is 14.4 Å². The second-order valence-corrected chi connectivity index (χ2v) is 14.2. The zero-order valence-electron chi connectivity index (χ0n) is 26.0. The quantitative estimate of drug-likeness (QED) is 0.197. The molecule has 0 radical (unpaired) electrons. The van der Waals surface area contributed by atoms with Gasteiger partial charge in [0.05, 0.1) is 0 Å². The van der Waals surface area contributed by atoms with Crippen molar-refractivity contribution in [3.8, 4) is 44.5 Å². The molecule has 0 saturated carbocycles. The molecule has 1 aliphatic carbocycles. The topological polar surface area (TPSA) is 30.2 Å². The summed E-state index contributed by atoms with van der Waals surface area (Å²) in [7, 11) is 0. The van der Waals surface area contributed by atoms with Crippen molar-refractivity contribution >= 4 is 48.2 Å². The van der Waals surface area contributed by atoms with Crippen LogP contribution in [0.2, 0.25) is 0 Å². The van der Waals surface area contributed by atoms with Crippen LogP contribution in [-0.2, 0) is 5.41 Å². The first kappa shape index (κ1) is 26.6. The smallest absolute Gasteiger partial charge is 0.138 e. The maximum atomic E-state index is 4.96. The van der Waals surface area contributed by atoms with Gasteiger partial charge in [-0.15, -0.1) is 11.3 Å². The molecule has 222 valence electrons. The number of benzene rings is 5. The fourth-order valence-corrected chi connectivity index (χ4v) is 8.69. The monoisotopic (exact) mass is 619 g/mol. The highest BCUT2D eigenvalue weighted by molar-refractivity contribution is 7.25. The molecule has 1 aliphatic rings. The molecule has 47 heavy (non-hydrogen) atoms. The van der Waals surface area contributed by atoms with Crippen molar-refractivity contribution in [2.45, 2.75) is 19.3 Å². The first-order chi connectivity index (χ1) is 23.0. The Balaban J connectivity index is 0.999. The number of imidazole rings is 1. The van der Waals surface area contributed by atoms with Gasteiger partial charge in [0.1, 0.15) is 16.0 Å². The SMILES string of the molecule is CC1(C)c2cc(-c3ccncc3)ccc2-c2ccc(-c3ccc4cc(-c5ccc6nc7c8ccccc8sc7n6c5)ccc4c3)cc21. The van der Waals surface area contributed by atoms with Gasteiger partial charge in [-0.2, -0.15) is 0 Å². The molecule has 5 aromatic carbocycles. The normalized spacial score (nSPS) is 13.5. The summed E-state index contributed by atoms with van der Waals surface area (Å²) >= 11 is 1.81. The minimum absolute atomic E-state index is 0.0901. The van der Waals surface area contributed by atoms with Crippen molar-refractivity contribution in [3.63, 3.8) is 0 Å². The summed E-state index contributed by atoms with van der Waals surface area (Å²) in [5.74, 6) is 0. The Morgan fingerprint density at radius 2 is 1.17 bits per heavy atom. The molecule has 0 aliphatic heterocycles. The van der Waals surface area contributed by atoms with Crippen LogP contribution in [0.15, 0.2) is 140 Å². The molecular formula is C43H29N3S. The van der Waals surface area contributed by atoms with Crippen LogP contribution in [0.5, 0.6) is 0 Å². The van der Waals surface area contributed by atoms with E-state index in [4.69, 9.17) is 4.98 Å². The summed E-state index contributed by atoms with van der Waals surface area (Å²) in [6.45, 7) is 4.71. The highest BCUT2D eigenvalue weighted by atomic mass is 32.1. The standard InChI is InChI=1S/C43H29N3S/c1-43(2)37-23-31(26-17-19-44-20-18-26)11-14-34(37)35-15-12-32(24-38(35)43)29-8-7-28-22-30(10-9-27(28)21-29)33-13-16-40-45-41-36-5-3-4-6-39(36)47-42(41)46(40)25-33/h3-25H,1-2H3. The molecule has 4 heteroatoms. The Hall–Kier alpha value is -5.58. The van der Waals surface area contributed by atoms with Crippen LogP contribution in [0.25, 0.3) is 81.4 Å². The van der Waals surface area contributed by atoms with E-state index in [1.165, 1.54) is 81.3 Å². The predicted molar refractivity (Wildman–Crippen MR) is 197 cm³/mol. The Bertz CT molecular complexity index is 2710. The highest BCUT2D eigenvalue weighted by Gasteiger charge is 2.35. The Morgan fingerprint density at radius 1 is 0.574 bits per heavy atom. The first-order valence-corrected chi connectivity index (χ1v) is 16.9. The third kappa shape index (κ3) is 3.98. The summed E-state index contributed by atoms with van der Waals surface area (Å²) in [6.07, 6.45) is 5.96. The van der Waals surface area contributed by atoms with Crippen molar-refractivity contribution in [1.82, 2.24) is 14.4 Å². The van der Waals surface area contributed by atoms with Crippen molar-refractivity contribution in [2.75, 3.05) is 0 Å². The Morgan fingerprint density at radius 3 is 1.89 bits per heavy atom. The van der Waals surface area contributed by atoms with Gasteiger partial charge in [0, 0.05) is 34.1 Å². The van der Waals surface area contributed by atoms with Crippen LogP contribution < -0.4 is 0 Å². The number of fused-ring (bicyclic) bond motifs is 9. The summed E-state index contributed by atoms with van der Waals surface area (Å²) < 4.78 is 3.52. The van der Waals surface area contributed by atoms with Crippen molar-refractivity contribution in [1.29, 1.82) is 0 Å². The minimum Gasteiger partial charge on any atom is -0.290 e. The van der Waals surface area contributed by atoms with Crippen molar-refractivity contribution in [3.05, 3.63) is 151 Å². The first-order valence-electron chi connectivity index (χ1n) is 16.1. The van der Waals surface area contributed by atoms with E-state index in [9.17, 15) is 0 Å². The van der Waals surface area contributed by atoms with E-state index in [1.807, 2.05) is 12.4 Å². The summed E-state index contributed by atoms with van der Waals surface area (Å²) in [6, 6.07) is 44.6. The van der Waals surface area contributed by atoms with Crippen LogP contribution in [0.1, 0.15) is 25.0 Å². The Labute approximate surface area is 276 Å². The lowest BCUT2D eigenvalue weighted by molar-refractivity contribution is 0.661. The number of rotatable bonds is 3. The van der Waals surface area contributed by atoms with E-state index < -0.39 is 0 Å². The molecule has 10 rings (SSSR count). The zero-order chi connectivity index (χ0) is 31.3. The molecule has 0 fully saturated rings. The van der Waals surface area contributed by atoms with E-state index in [0.717, 1.165) is 11.2 Å². The average Bonchev–Trinajstić information content (AvgIpc) is 3.74. The molecule has 0 saturated heterocycles. The number of nitrogens with zero attached hydrogens (tertiary/aromatic N) is 3. The maximum absolute atomic E-state index is 4.96. The van der Waals surface area contributed by atoms with Gasteiger partial charge in [-0.25, -0.2) is 4.98 Å². The van der Waals surface area contributed by atoms with E-state index in [-0.39, 0.29) is 5.41 Å². The highest BCUT2D eigenvalue weighted by Crippen LogP contribution is 2.50. The fourth-order valence-electron chi connectivity index (χ4n) is 7.57. The Kier molecular flexibility index (Phi) is 5.50. The van der Waals surface area contributed by atoms with Gasteiger partial charge < -0.3 is 0 Å². The van der Waals surface area contributed by atoms with Crippen LogP contribution >= 0.6 is 11.3 Å². The number of hydrogen-bond donors (Lipinski definition) is 0. The molecule has 4 aromatic heterocycles. The van der Waals surface area contributed by atoms with Crippen molar-refractivity contribution < 1.29 is 0 Å². The fraction of sp³-hybridized carbons (Fsp3) is 0.0698. The number of hydrogen-bond acceptors (Lipinski definition) is 3. The molecular weight excluding hydrogens is 591 g/mol. The maximum Gasteiger partial charge on any atom is 0.138 e. The summed E-state index contributed by atoms with van der Waals surface area (Å²) in [5, 5.41) is 3.71. The lowest BCUT2D eigenvalue weighted by Crippen LogP contribution is -2.15. The predicted octanol–water partition coefficient (Wildman–Crippen LogP) is 11.6. The van der Waals surface area contributed by atoms with Gasteiger partial charge in [-0.05, 0) is 121 Å². The second-order valence-electron chi connectivity index (χ2n) is 13.2. The molecule has 9 aromatic rings. The molecule has 0 unspecified atom stereocenters. The van der Waals surface area contributed by atoms with E-state index in [2.05, 4.69) is 151 Å². The van der Waals surface area contributed by atoms with Gasteiger partial charge in [-0.3, -0.25) is 9.38 Å². The lowest BCUT2D eigenvalue weighted by Gasteiger charge is -2.22. The van der Waals surface area contributed by atoms with Crippen LogP contribution in [0.4, 0.5) is 0 Å². The number of aromatic nitrogens is 3. The molecule has 0 N–H and O–H groups in total. The largest absolute Gasteiger partial charge is 0.290 e. The average molecular weight is 620 g/mol. The number of thiophene rings is 1. The molecule has 4 heterocycles. The van der Waals surface area contributed by atoms with E-state index >= 15 is 0 Å². The van der Waals surface area contributed by atoms with E-state index in [0.29, 0.717) is 0 Å². The third-order valence-electron chi connectivity index (χ3n) is 10.1. The zero-order valence-corrected chi connectivity index (χ0v) is 26.8. The third-order valence-corrected chi connectivity index (χ3v) is 11.3. The molecule has 0 amide bonds. The van der Waals surface area contributed by atoms with Gasteiger partial charge in [0.25, 0.3) is 0 Å². The molecule has 0 bridgehead atoms. The second kappa shape index (κ2) is 9.71. The minimum atomic E-state index is -0.0901. The van der Waals surface area contributed by atoms with Gasteiger partial charge in [0.2, 0.25) is 0 Å². The summed E-state index contributed by atoms with van der Waals surface area (Å²) in [5.41, 5.74) is 14.7. The molecule has 3 nitrogen and oxygen atoms in total. The van der Waals surface area contributed by atoms with Crippen LogP contribution in [0, 0.1) is 0 Å². The summed E-state index contributed by atoms with van der Waals surface area (Å²) in [4.78, 5) is 10.4. The van der Waals surface area contributed by atoms with Gasteiger partial charge >= 0.3 is 0 Å². The van der Waals surface area contributed by atoms with Gasteiger partial charge in [-0.1, -0.05) is 80.6 Å².